The van der Waals surface area contributed by atoms with Gasteiger partial charge in [0, 0.05) is 24.6 Å². The van der Waals surface area contributed by atoms with E-state index in [-0.39, 0.29) is 0 Å². The number of nitriles is 1. The van der Waals surface area contributed by atoms with Gasteiger partial charge in [-0.05, 0) is 12.8 Å². The number of hydrogen-bond donors (Lipinski definition) is 0. The number of aryl methyl sites for hydroxylation is 1. The molecule has 0 bridgehead atoms. The Labute approximate surface area is 109 Å². The van der Waals surface area contributed by atoms with E-state index in [1.54, 1.807) is 0 Å². The smallest absolute Gasteiger partial charge is 0.161 e. The Morgan fingerprint density at radius 3 is 2.68 bits per heavy atom. The molecule has 3 nitrogen and oxygen atoms in total. The van der Waals surface area contributed by atoms with Crippen LogP contribution in [0, 0.1) is 23.0 Å². The molecule has 0 N–H and O–H groups in total. The molecule has 0 unspecified atom stereocenters. The summed E-state index contributed by atoms with van der Waals surface area (Å²) in [6.07, 6.45) is 3.61. The Balaban J connectivity index is 2.15. The van der Waals surface area contributed by atoms with Gasteiger partial charge in [0.1, 0.15) is 5.82 Å². The van der Waals surface area contributed by atoms with Crippen LogP contribution in [0.5, 0.6) is 0 Å². The maximum atomic E-state index is 13.4. The monoisotopic (exact) mass is 261 g/mol. The number of imidazole rings is 1. The molecular weight excluding hydrogens is 248 g/mol. The average Bonchev–Trinajstić information content (AvgIpc) is 2.63. The Bertz CT molecular complexity index is 665. The van der Waals surface area contributed by atoms with Crippen LogP contribution in [-0.4, -0.2) is 9.55 Å². The van der Waals surface area contributed by atoms with Crippen LogP contribution in [0.15, 0.2) is 12.1 Å². The number of benzene rings is 1. The van der Waals surface area contributed by atoms with Crippen LogP contribution in [0.2, 0.25) is 0 Å². The number of rotatable bonds is 3. The van der Waals surface area contributed by atoms with Gasteiger partial charge in [0.05, 0.1) is 23.5 Å². The topological polar surface area (TPSA) is 41.6 Å². The minimum atomic E-state index is -0.877. The highest BCUT2D eigenvalue weighted by Crippen LogP contribution is 2.37. The third kappa shape index (κ3) is 1.97. The highest BCUT2D eigenvalue weighted by atomic mass is 19.2. The third-order valence-electron chi connectivity index (χ3n) is 3.74. The van der Waals surface area contributed by atoms with E-state index in [1.807, 2.05) is 4.57 Å². The maximum absolute atomic E-state index is 13.4. The fraction of sp³-hybridized carbons (Fsp3) is 0.429. The van der Waals surface area contributed by atoms with Crippen molar-refractivity contribution in [3.8, 4) is 6.07 Å². The number of halogens is 2. The molecule has 0 aliphatic heterocycles. The van der Waals surface area contributed by atoms with E-state index in [0.717, 1.165) is 31.2 Å². The van der Waals surface area contributed by atoms with Crippen LogP contribution in [0.3, 0.4) is 0 Å². The predicted octanol–water partition coefficient (Wildman–Crippen LogP) is 3.50. The predicted molar refractivity (Wildman–Crippen MR) is 66.5 cm³/mol. The van der Waals surface area contributed by atoms with Gasteiger partial charge in [0.2, 0.25) is 0 Å². The first kappa shape index (κ1) is 12.1. The van der Waals surface area contributed by atoms with Crippen molar-refractivity contribution >= 4 is 11.0 Å². The van der Waals surface area contributed by atoms with Crippen LogP contribution in [-0.2, 0) is 6.54 Å². The molecule has 1 aromatic heterocycles. The van der Waals surface area contributed by atoms with Crippen molar-refractivity contribution in [2.24, 2.45) is 0 Å². The van der Waals surface area contributed by atoms with E-state index >= 15 is 0 Å². The number of aromatic nitrogens is 2. The summed E-state index contributed by atoms with van der Waals surface area (Å²) < 4.78 is 28.5. The van der Waals surface area contributed by atoms with Crippen LogP contribution in [0.4, 0.5) is 8.78 Å². The summed E-state index contributed by atoms with van der Waals surface area (Å²) in [5, 5.41) is 8.72. The molecule has 0 amide bonds. The van der Waals surface area contributed by atoms with E-state index in [2.05, 4.69) is 11.1 Å². The lowest BCUT2D eigenvalue weighted by atomic mass is 9.85. The Morgan fingerprint density at radius 2 is 2.05 bits per heavy atom. The maximum Gasteiger partial charge on any atom is 0.161 e. The third-order valence-corrected chi connectivity index (χ3v) is 3.74. The minimum absolute atomic E-state index is 0.337. The number of nitrogens with zero attached hydrogens (tertiary/aromatic N) is 3. The fourth-order valence-corrected chi connectivity index (χ4v) is 2.51. The molecule has 0 spiro atoms. The van der Waals surface area contributed by atoms with Gasteiger partial charge in [0.15, 0.2) is 11.6 Å². The first-order valence-corrected chi connectivity index (χ1v) is 6.43. The van der Waals surface area contributed by atoms with Crippen molar-refractivity contribution in [3.05, 3.63) is 29.6 Å². The van der Waals surface area contributed by atoms with Crippen LogP contribution in [0.1, 0.15) is 37.4 Å². The van der Waals surface area contributed by atoms with E-state index in [1.165, 1.54) is 6.07 Å². The Morgan fingerprint density at radius 1 is 1.32 bits per heavy atom. The summed E-state index contributed by atoms with van der Waals surface area (Å²) >= 11 is 0. The van der Waals surface area contributed by atoms with Gasteiger partial charge in [-0.25, -0.2) is 13.8 Å². The van der Waals surface area contributed by atoms with E-state index in [4.69, 9.17) is 5.26 Å². The second-order valence-electron chi connectivity index (χ2n) is 4.91. The van der Waals surface area contributed by atoms with E-state index in [0.29, 0.717) is 29.9 Å². The molecule has 1 aromatic carbocycles. The van der Waals surface area contributed by atoms with Crippen molar-refractivity contribution in [2.75, 3.05) is 0 Å². The van der Waals surface area contributed by atoms with Crippen molar-refractivity contribution in [3.63, 3.8) is 0 Å². The zero-order valence-electron chi connectivity index (χ0n) is 10.4. The Kier molecular flexibility index (Phi) is 2.94. The highest BCUT2D eigenvalue weighted by molar-refractivity contribution is 5.76. The molecule has 98 valence electrons. The molecule has 0 saturated heterocycles. The fourth-order valence-electron chi connectivity index (χ4n) is 2.51. The standard InChI is InChI=1S/C14H13F2N3/c15-10-7-12-13(8-11(10)16)19(6-2-5-17)14(18-12)9-3-1-4-9/h7-9H,1-4,6H2. The quantitative estimate of drug-likeness (QED) is 0.848. The second-order valence-corrected chi connectivity index (χ2v) is 4.91. The van der Waals surface area contributed by atoms with Gasteiger partial charge < -0.3 is 4.57 Å². The van der Waals surface area contributed by atoms with E-state index < -0.39 is 11.6 Å². The lowest BCUT2D eigenvalue weighted by molar-refractivity contribution is 0.389. The number of hydrogen-bond acceptors (Lipinski definition) is 2. The first-order chi connectivity index (χ1) is 9.20. The van der Waals surface area contributed by atoms with Crippen LogP contribution >= 0.6 is 0 Å². The van der Waals surface area contributed by atoms with Gasteiger partial charge in [0.25, 0.3) is 0 Å². The second kappa shape index (κ2) is 4.61. The van der Waals surface area contributed by atoms with Crippen LogP contribution < -0.4 is 0 Å². The molecule has 2 aromatic rings. The van der Waals surface area contributed by atoms with Gasteiger partial charge in [-0.3, -0.25) is 0 Å². The van der Waals surface area contributed by atoms with Crippen molar-refractivity contribution in [1.29, 1.82) is 5.26 Å². The lowest BCUT2D eigenvalue weighted by Crippen LogP contribution is -2.15. The molecule has 1 aliphatic rings. The van der Waals surface area contributed by atoms with Gasteiger partial charge in [-0.1, -0.05) is 6.42 Å². The van der Waals surface area contributed by atoms with E-state index in [9.17, 15) is 8.78 Å². The molecule has 0 radical (unpaired) electrons. The average molecular weight is 261 g/mol. The van der Waals surface area contributed by atoms with Crippen molar-refractivity contribution < 1.29 is 8.78 Å². The first-order valence-electron chi connectivity index (χ1n) is 6.43. The largest absolute Gasteiger partial charge is 0.327 e. The molecule has 1 saturated carbocycles. The zero-order valence-corrected chi connectivity index (χ0v) is 10.4. The highest BCUT2D eigenvalue weighted by Gasteiger charge is 2.26. The molecule has 1 heterocycles. The summed E-state index contributed by atoms with van der Waals surface area (Å²) in [5.41, 5.74) is 1.05. The summed E-state index contributed by atoms with van der Waals surface area (Å²) in [6.45, 7) is 0.476. The molecular formula is C14H13F2N3. The molecule has 19 heavy (non-hydrogen) atoms. The van der Waals surface area contributed by atoms with Gasteiger partial charge in [-0.15, -0.1) is 0 Å². The number of fused-ring (bicyclic) bond motifs is 1. The summed E-state index contributed by atoms with van der Waals surface area (Å²) in [6, 6.07) is 4.39. The summed E-state index contributed by atoms with van der Waals surface area (Å²) in [4.78, 5) is 4.44. The van der Waals surface area contributed by atoms with Gasteiger partial charge in [-0.2, -0.15) is 5.26 Å². The van der Waals surface area contributed by atoms with Crippen LogP contribution in [0.25, 0.3) is 11.0 Å². The SMILES string of the molecule is N#CCCn1c(C2CCC2)nc2cc(F)c(F)cc21. The summed E-state index contributed by atoms with van der Waals surface area (Å²) in [5.74, 6) is -0.526. The normalized spacial score (nSPS) is 15.4. The molecule has 3 rings (SSSR count). The van der Waals surface area contributed by atoms with Crippen molar-refractivity contribution in [1.82, 2.24) is 9.55 Å². The summed E-state index contributed by atoms with van der Waals surface area (Å²) in [7, 11) is 0. The molecule has 5 heteroatoms. The minimum Gasteiger partial charge on any atom is -0.327 e. The molecule has 1 aliphatic carbocycles. The molecule has 0 atom stereocenters. The van der Waals surface area contributed by atoms with Crippen molar-refractivity contribution in [2.45, 2.75) is 38.1 Å². The Hall–Kier alpha value is -1.96. The zero-order chi connectivity index (χ0) is 13.4. The molecule has 1 fully saturated rings. The van der Waals surface area contributed by atoms with Gasteiger partial charge >= 0.3 is 0 Å². The lowest BCUT2D eigenvalue weighted by Gasteiger charge is -2.25.